The monoisotopic (exact) mass is 340 g/mol. The minimum Gasteiger partial charge on any atom is -0.379 e. The van der Waals surface area contributed by atoms with Gasteiger partial charge in [-0.15, -0.1) is 0 Å². The maximum atomic E-state index is 11.6. The highest BCUT2D eigenvalue weighted by Gasteiger charge is 2.15. The van der Waals surface area contributed by atoms with E-state index in [1.54, 1.807) is 0 Å². The number of halogens is 1. The summed E-state index contributed by atoms with van der Waals surface area (Å²) >= 11 is 3.43. The number of rotatable bonds is 6. The van der Waals surface area contributed by atoms with Gasteiger partial charge >= 0.3 is 0 Å². The van der Waals surface area contributed by atoms with Crippen LogP contribution in [0.2, 0.25) is 0 Å². The number of aromatic nitrogens is 2. The van der Waals surface area contributed by atoms with Crippen molar-refractivity contribution in [2.75, 3.05) is 18.8 Å². The first-order valence-electron chi connectivity index (χ1n) is 6.09. The van der Waals surface area contributed by atoms with Gasteiger partial charge in [-0.2, -0.15) is 0 Å². The standard InChI is InChI=1S/C12H14BrN5O2/c13-9-3-1-2-8(6-9)7-15-4-5-16-12(19)10-11(14)18-20-17-10/h1-3,6,15H,4-5,7H2,(H2,14,18)(H,16,19)/p+1. The minimum atomic E-state index is -0.375. The summed E-state index contributed by atoms with van der Waals surface area (Å²) in [7, 11) is 0. The van der Waals surface area contributed by atoms with E-state index in [1.807, 2.05) is 12.1 Å². The molecule has 1 heterocycles. The number of nitrogens with one attached hydrogen (secondary N) is 1. The van der Waals surface area contributed by atoms with E-state index in [2.05, 4.69) is 53.6 Å². The molecule has 0 saturated carbocycles. The van der Waals surface area contributed by atoms with Crippen molar-refractivity contribution in [2.24, 2.45) is 0 Å². The Morgan fingerprint density at radius 1 is 1.45 bits per heavy atom. The molecule has 2 aromatic rings. The molecule has 8 heteroatoms. The van der Waals surface area contributed by atoms with Gasteiger partial charge in [0.2, 0.25) is 11.5 Å². The van der Waals surface area contributed by atoms with E-state index in [4.69, 9.17) is 5.73 Å². The molecule has 106 valence electrons. The molecule has 0 radical (unpaired) electrons. The summed E-state index contributed by atoms with van der Waals surface area (Å²) in [6.07, 6.45) is 0. The Balaban J connectivity index is 1.67. The Labute approximate surface area is 124 Å². The van der Waals surface area contributed by atoms with Gasteiger partial charge in [-0.3, -0.25) is 4.79 Å². The summed E-state index contributed by atoms with van der Waals surface area (Å²) in [6.45, 7) is 2.12. The second-order valence-corrected chi connectivity index (χ2v) is 5.08. The van der Waals surface area contributed by atoms with Crippen molar-refractivity contribution in [3.05, 3.63) is 40.0 Å². The molecule has 0 aliphatic heterocycles. The molecule has 0 saturated heterocycles. The van der Waals surface area contributed by atoms with Crippen molar-refractivity contribution in [2.45, 2.75) is 6.54 Å². The predicted molar refractivity (Wildman–Crippen MR) is 75.7 cm³/mol. The second kappa shape index (κ2) is 7.01. The number of quaternary nitrogens is 1. The summed E-state index contributed by atoms with van der Waals surface area (Å²) < 4.78 is 5.43. The number of benzene rings is 1. The van der Waals surface area contributed by atoms with Crippen LogP contribution in [-0.2, 0) is 6.54 Å². The third kappa shape index (κ3) is 4.04. The maximum Gasteiger partial charge on any atom is 0.277 e. The summed E-state index contributed by atoms with van der Waals surface area (Å²) in [5.74, 6) is -0.375. The van der Waals surface area contributed by atoms with Gasteiger partial charge in [0, 0.05) is 10.0 Å². The highest BCUT2D eigenvalue weighted by Crippen LogP contribution is 2.10. The Morgan fingerprint density at radius 2 is 2.30 bits per heavy atom. The molecule has 5 N–H and O–H groups in total. The lowest BCUT2D eigenvalue weighted by Crippen LogP contribution is -2.84. The summed E-state index contributed by atoms with van der Waals surface area (Å²) in [4.78, 5) is 11.6. The van der Waals surface area contributed by atoms with Crippen molar-refractivity contribution in [3.8, 4) is 0 Å². The fourth-order valence-corrected chi connectivity index (χ4v) is 2.10. The molecule has 1 aromatic heterocycles. The first kappa shape index (κ1) is 14.5. The number of carbonyl (C=O) groups excluding carboxylic acids is 1. The molecule has 0 unspecified atom stereocenters. The number of nitrogens with two attached hydrogens (primary N) is 2. The van der Waals surface area contributed by atoms with E-state index in [1.165, 1.54) is 5.56 Å². The average Bonchev–Trinajstić information content (AvgIpc) is 2.84. The minimum absolute atomic E-state index is 0.000570. The van der Waals surface area contributed by atoms with E-state index in [0.29, 0.717) is 6.54 Å². The van der Waals surface area contributed by atoms with Gasteiger partial charge in [-0.05, 0) is 22.4 Å². The van der Waals surface area contributed by atoms with Crippen molar-refractivity contribution < 1.29 is 14.7 Å². The average molecular weight is 341 g/mol. The number of anilines is 1. The van der Waals surface area contributed by atoms with Crippen LogP contribution < -0.4 is 16.4 Å². The van der Waals surface area contributed by atoms with E-state index in [0.717, 1.165) is 17.6 Å². The number of nitrogens with zero attached hydrogens (tertiary/aromatic N) is 2. The number of carbonyl (C=O) groups is 1. The van der Waals surface area contributed by atoms with Crippen LogP contribution >= 0.6 is 15.9 Å². The normalized spacial score (nSPS) is 10.4. The maximum absolute atomic E-state index is 11.6. The molecule has 1 aromatic carbocycles. The molecule has 2 rings (SSSR count). The molecule has 0 spiro atoms. The lowest BCUT2D eigenvalue weighted by Gasteiger charge is -2.04. The van der Waals surface area contributed by atoms with Gasteiger partial charge in [0.1, 0.15) is 6.54 Å². The summed E-state index contributed by atoms with van der Waals surface area (Å²) in [5.41, 5.74) is 6.66. The van der Waals surface area contributed by atoms with Gasteiger partial charge in [0.15, 0.2) is 0 Å². The zero-order chi connectivity index (χ0) is 14.4. The SMILES string of the molecule is Nc1nonc1C(=O)NCC[NH2+]Cc1cccc(Br)c1. The van der Waals surface area contributed by atoms with Crippen LogP contribution in [0.15, 0.2) is 33.4 Å². The molecular weight excluding hydrogens is 326 g/mol. The zero-order valence-electron chi connectivity index (χ0n) is 10.7. The van der Waals surface area contributed by atoms with Crippen molar-refractivity contribution in [3.63, 3.8) is 0 Å². The van der Waals surface area contributed by atoms with E-state index >= 15 is 0 Å². The first-order chi connectivity index (χ1) is 9.66. The van der Waals surface area contributed by atoms with E-state index in [-0.39, 0.29) is 17.4 Å². The van der Waals surface area contributed by atoms with Gasteiger partial charge in [-0.1, -0.05) is 28.1 Å². The predicted octanol–water partition coefficient (Wildman–Crippen LogP) is -0.0923. The number of amides is 1. The second-order valence-electron chi connectivity index (χ2n) is 4.17. The van der Waals surface area contributed by atoms with Crippen LogP contribution in [-0.4, -0.2) is 29.3 Å². The van der Waals surface area contributed by atoms with Crippen LogP contribution in [0, 0.1) is 0 Å². The Kier molecular flexibility index (Phi) is 5.08. The molecule has 7 nitrogen and oxygen atoms in total. The quantitative estimate of drug-likeness (QED) is 0.636. The molecular formula is C12H15BrN5O2+. The molecule has 1 amide bonds. The fourth-order valence-electron chi connectivity index (χ4n) is 1.66. The van der Waals surface area contributed by atoms with Gasteiger partial charge < -0.3 is 16.4 Å². The van der Waals surface area contributed by atoms with Crippen LogP contribution in [0.25, 0.3) is 0 Å². The van der Waals surface area contributed by atoms with E-state index < -0.39 is 0 Å². The zero-order valence-corrected chi connectivity index (χ0v) is 12.3. The number of hydrogen-bond donors (Lipinski definition) is 3. The molecule has 0 aliphatic rings. The largest absolute Gasteiger partial charge is 0.379 e. The number of nitrogen functional groups attached to an aromatic ring is 1. The van der Waals surface area contributed by atoms with Gasteiger partial charge in [-0.25, -0.2) is 4.63 Å². The van der Waals surface area contributed by atoms with Crippen molar-refractivity contribution >= 4 is 27.7 Å². The molecule has 0 bridgehead atoms. The van der Waals surface area contributed by atoms with Crippen molar-refractivity contribution in [1.29, 1.82) is 0 Å². The molecule has 0 fully saturated rings. The summed E-state index contributed by atoms with van der Waals surface area (Å²) in [5, 5.41) is 11.6. The topological polar surface area (TPSA) is 111 Å². The molecule has 0 atom stereocenters. The fraction of sp³-hybridized carbons (Fsp3) is 0.250. The highest BCUT2D eigenvalue weighted by molar-refractivity contribution is 9.10. The smallest absolute Gasteiger partial charge is 0.277 e. The number of hydrogen-bond acceptors (Lipinski definition) is 5. The highest BCUT2D eigenvalue weighted by atomic mass is 79.9. The van der Waals surface area contributed by atoms with Crippen LogP contribution in [0.4, 0.5) is 5.82 Å². The van der Waals surface area contributed by atoms with Gasteiger partial charge in [0.25, 0.3) is 5.91 Å². The molecule has 20 heavy (non-hydrogen) atoms. The van der Waals surface area contributed by atoms with E-state index in [9.17, 15) is 4.79 Å². The van der Waals surface area contributed by atoms with Crippen LogP contribution in [0.1, 0.15) is 16.1 Å². The Morgan fingerprint density at radius 3 is 3.00 bits per heavy atom. The molecule has 0 aliphatic carbocycles. The Hall–Kier alpha value is -1.93. The lowest BCUT2D eigenvalue weighted by molar-refractivity contribution is -0.668. The Bertz CT molecular complexity index is 587. The third-order valence-electron chi connectivity index (χ3n) is 2.63. The van der Waals surface area contributed by atoms with Crippen LogP contribution in [0.5, 0.6) is 0 Å². The van der Waals surface area contributed by atoms with Crippen LogP contribution in [0.3, 0.4) is 0 Å². The van der Waals surface area contributed by atoms with Gasteiger partial charge in [0.05, 0.1) is 13.1 Å². The first-order valence-corrected chi connectivity index (χ1v) is 6.88. The third-order valence-corrected chi connectivity index (χ3v) is 3.13. The lowest BCUT2D eigenvalue weighted by atomic mass is 10.2. The summed E-state index contributed by atoms with van der Waals surface area (Å²) in [6, 6.07) is 8.11. The van der Waals surface area contributed by atoms with Crippen molar-refractivity contribution in [1.82, 2.24) is 15.6 Å².